The SMILES string of the molecule is CC1CN(C(=O)CCBr)C(C)CO1. The number of nitrogens with zero attached hydrogens (tertiary/aromatic N) is 1. The number of hydrogen-bond acceptors (Lipinski definition) is 2. The van der Waals surface area contributed by atoms with Gasteiger partial charge >= 0.3 is 0 Å². The summed E-state index contributed by atoms with van der Waals surface area (Å²) < 4.78 is 5.44. The zero-order chi connectivity index (χ0) is 9.84. The number of alkyl halides is 1. The molecule has 0 spiro atoms. The van der Waals surface area contributed by atoms with Crippen LogP contribution in [0.1, 0.15) is 20.3 Å². The number of ether oxygens (including phenoxy) is 1. The molecular weight excluding hydrogens is 234 g/mol. The van der Waals surface area contributed by atoms with Gasteiger partial charge in [0.1, 0.15) is 0 Å². The lowest BCUT2D eigenvalue weighted by Gasteiger charge is -2.36. The molecule has 4 heteroatoms. The number of rotatable bonds is 2. The van der Waals surface area contributed by atoms with E-state index in [9.17, 15) is 4.79 Å². The van der Waals surface area contributed by atoms with Gasteiger partial charge in [0.2, 0.25) is 5.91 Å². The fourth-order valence-electron chi connectivity index (χ4n) is 1.48. The number of amides is 1. The fourth-order valence-corrected chi connectivity index (χ4v) is 1.81. The average Bonchev–Trinajstić information content (AvgIpc) is 2.09. The summed E-state index contributed by atoms with van der Waals surface area (Å²) in [5.74, 6) is 0.222. The highest BCUT2D eigenvalue weighted by Gasteiger charge is 2.26. The van der Waals surface area contributed by atoms with Gasteiger partial charge in [-0.05, 0) is 13.8 Å². The second kappa shape index (κ2) is 4.96. The van der Waals surface area contributed by atoms with Crippen molar-refractivity contribution in [1.29, 1.82) is 0 Å². The highest BCUT2D eigenvalue weighted by atomic mass is 79.9. The molecule has 76 valence electrons. The minimum atomic E-state index is 0.176. The normalized spacial score (nSPS) is 29.0. The first-order valence-electron chi connectivity index (χ1n) is 4.62. The van der Waals surface area contributed by atoms with Crippen molar-refractivity contribution >= 4 is 21.8 Å². The predicted molar refractivity (Wildman–Crippen MR) is 55.0 cm³/mol. The third-order valence-electron chi connectivity index (χ3n) is 2.24. The average molecular weight is 250 g/mol. The smallest absolute Gasteiger partial charge is 0.223 e. The van der Waals surface area contributed by atoms with Crippen LogP contribution >= 0.6 is 15.9 Å². The van der Waals surface area contributed by atoms with Crippen LogP contribution < -0.4 is 0 Å². The van der Waals surface area contributed by atoms with E-state index < -0.39 is 0 Å². The van der Waals surface area contributed by atoms with Crippen LogP contribution in [0, 0.1) is 0 Å². The highest BCUT2D eigenvalue weighted by Crippen LogP contribution is 2.12. The van der Waals surface area contributed by atoms with Crippen LogP contribution in [0.15, 0.2) is 0 Å². The van der Waals surface area contributed by atoms with Crippen LogP contribution in [0.5, 0.6) is 0 Å². The molecule has 1 aliphatic rings. The van der Waals surface area contributed by atoms with Crippen LogP contribution in [0.4, 0.5) is 0 Å². The number of halogens is 1. The Morgan fingerprint density at radius 3 is 2.92 bits per heavy atom. The van der Waals surface area contributed by atoms with E-state index in [0.717, 1.165) is 11.9 Å². The van der Waals surface area contributed by atoms with Gasteiger partial charge < -0.3 is 9.64 Å². The van der Waals surface area contributed by atoms with E-state index in [0.29, 0.717) is 13.0 Å². The molecule has 3 nitrogen and oxygen atoms in total. The summed E-state index contributed by atoms with van der Waals surface area (Å²) in [5, 5.41) is 0.740. The molecule has 0 saturated carbocycles. The Labute approximate surface area is 87.6 Å². The molecule has 13 heavy (non-hydrogen) atoms. The third kappa shape index (κ3) is 2.95. The monoisotopic (exact) mass is 249 g/mol. The number of carbonyl (C=O) groups excluding carboxylic acids is 1. The topological polar surface area (TPSA) is 29.5 Å². The highest BCUT2D eigenvalue weighted by molar-refractivity contribution is 9.09. The molecule has 1 heterocycles. The van der Waals surface area contributed by atoms with Gasteiger partial charge in [-0.15, -0.1) is 0 Å². The lowest BCUT2D eigenvalue weighted by molar-refractivity contribution is -0.142. The molecule has 0 aliphatic carbocycles. The van der Waals surface area contributed by atoms with Crippen molar-refractivity contribution in [2.24, 2.45) is 0 Å². The molecule has 0 bridgehead atoms. The van der Waals surface area contributed by atoms with E-state index in [2.05, 4.69) is 15.9 Å². The van der Waals surface area contributed by atoms with E-state index in [1.165, 1.54) is 0 Å². The predicted octanol–water partition coefficient (Wildman–Crippen LogP) is 1.41. The van der Waals surface area contributed by atoms with Gasteiger partial charge in [-0.1, -0.05) is 15.9 Å². The van der Waals surface area contributed by atoms with Gasteiger partial charge in [-0.2, -0.15) is 0 Å². The van der Waals surface area contributed by atoms with E-state index in [-0.39, 0.29) is 18.1 Å². The van der Waals surface area contributed by atoms with Crippen molar-refractivity contribution in [3.63, 3.8) is 0 Å². The summed E-state index contributed by atoms with van der Waals surface area (Å²) in [6, 6.07) is 0.225. The van der Waals surface area contributed by atoms with Crippen LogP contribution in [-0.2, 0) is 9.53 Å². The molecule has 2 atom stereocenters. The van der Waals surface area contributed by atoms with Crippen molar-refractivity contribution in [2.45, 2.75) is 32.4 Å². The standard InChI is InChI=1S/C9H16BrNO2/c1-7-6-13-8(2)5-11(7)9(12)3-4-10/h7-8H,3-6H2,1-2H3. The lowest BCUT2D eigenvalue weighted by atomic mass is 10.2. The number of morpholine rings is 1. The fraction of sp³-hybridized carbons (Fsp3) is 0.889. The van der Waals surface area contributed by atoms with Crippen LogP contribution in [0.3, 0.4) is 0 Å². The largest absolute Gasteiger partial charge is 0.375 e. The Morgan fingerprint density at radius 1 is 1.62 bits per heavy atom. The minimum Gasteiger partial charge on any atom is -0.375 e. The molecule has 0 N–H and O–H groups in total. The first kappa shape index (κ1) is 11.0. The molecule has 1 rings (SSSR count). The van der Waals surface area contributed by atoms with E-state index in [1.54, 1.807) is 0 Å². The van der Waals surface area contributed by atoms with Crippen molar-refractivity contribution in [2.75, 3.05) is 18.5 Å². The summed E-state index contributed by atoms with van der Waals surface area (Å²) in [7, 11) is 0. The molecule has 0 aromatic rings. The zero-order valence-corrected chi connectivity index (χ0v) is 9.71. The molecule has 0 radical (unpaired) electrons. The Hall–Kier alpha value is -0.0900. The maximum Gasteiger partial charge on any atom is 0.223 e. The summed E-state index contributed by atoms with van der Waals surface area (Å²) in [6.45, 7) is 5.42. The molecule has 1 aliphatic heterocycles. The Bertz CT molecular complexity index is 186. The lowest BCUT2D eigenvalue weighted by Crippen LogP contribution is -2.50. The Balaban J connectivity index is 2.50. The van der Waals surface area contributed by atoms with E-state index >= 15 is 0 Å². The molecule has 0 aromatic heterocycles. The van der Waals surface area contributed by atoms with Crippen molar-refractivity contribution in [1.82, 2.24) is 4.90 Å². The van der Waals surface area contributed by atoms with Crippen LogP contribution in [0.2, 0.25) is 0 Å². The molecule has 0 aromatic carbocycles. The van der Waals surface area contributed by atoms with E-state index in [1.807, 2.05) is 18.7 Å². The Kier molecular flexibility index (Phi) is 4.19. The molecule has 2 unspecified atom stereocenters. The molecule has 1 saturated heterocycles. The second-order valence-corrected chi connectivity index (χ2v) is 4.27. The summed E-state index contributed by atoms with van der Waals surface area (Å²) in [4.78, 5) is 13.5. The van der Waals surface area contributed by atoms with Crippen LogP contribution in [-0.4, -0.2) is 41.4 Å². The minimum absolute atomic E-state index is 0.176. The van der Waals surface area contributed by atoms with Crippen LogP contribution in [0.25, 0.3) is 0 Å². The maximum atomic E-state index is 11.6. The van der Waals surface area contributed by atoms with Gasteiger partial charge in [0.25, 0.3) is 0 Å². The zero-order valence-electron chi connectivity index (χ0n) is 8.12. The summed E-state index contributed by atoms with van der Waals surface area (Å²) in [6.07, 6.45) is 0.757. The van der Waals surface area contributed by atoms with Gasteiger partial charge in [0, 0.05) is 18.3 Å². The first-order chi connectivity index (χ1) is 6.15. The molecule has 1 fully saturated rings. The third-order valence-corrected chi connectivity index (χ3v) is 2.63. The Morgan fingerprint density at radius 2 is 2.31 bits per heavy atom. The first-order valence-corrected chi connectivity index (χ1v) is 5.74. The van der Waals surface area contributed by atoms with Crippen molar-refractivity contribution in [3.8, 4) is 0 Å². The number of carbonyl (C=O) groups is 1. The quantitative estimate of drug-likeness (QED) is 0.693. The van der Waals surface area contributed by atoms with Crippen molar-refractivity contribution in [3.05, 3.63) is 0 Å². The van der Waals surface area contributed by atoms with Gasteiger partial charge in [-0.3, -0.25) is 4.79 Å². The van der Waals surface area contributed by atoms with Crippen molar-refractivity contribution < 1.29 is 9.53 Å². The van der Waals surface area contributed by atoms with E-state index in [4.69, 9.17) is 4.74 Å². The van der Waals surface area contributed by atoms with Gasteiger partial charge in [0.15, 0.2) is 0 Å². The molecular formula is C9H16BrNO2. The maximum absolute atomic E-state index is 11.6. The molecule has 1 amide bonds. The van der Waals surface area contributed by atoms with Gasteiger partial charge in [-0.25, -0.2) is 0 Å². The summed E-state index contributed by atoms with van der Waals surface area (Å²) >= 11 is 3.27. The number of hydrogen-bond donors (Lipinski definition) is 0. The summed E-state index contributed by atoms with van der Waals surface area (Å²) in [5.41, 5.74) is 0. The second-order valence-electron chi connectivity index (χ2n) is 3.48. The van der Waals surface area contributed by atoms with Gasteiger partial charge in [0.05, 0.1) is 18.8 Å².